The smallest absolute Gasteiger partial charge is 0.414 e. The fourth-order valence-corrected chi connectivity index (χ4v) is 7.42. The van der Waals surface area contributed by atoms with E-state index in [9.17, 15) is 43.2 Å². The van der Waals surface area contributed by atoms with Gasteiger partial charge in [-0.2, -0.15) is 0 Å². The highest BCUT2D eigenvalue weighted by molar-refractivity contribution is 6.04. The number of rotatable bonds is 17. The van der Waals surface area contributed by atoms with Crippen molar-refractivity contribution in [1.29, 1.82) is 0 Å². The number of amides is 7. The van der Waals surface area contributed by atoms with Crippen molar-refractivity contribution in [2.45, 2.75) is 117 Å². The molecular formula is C47H67ClN6O14. The van der Waals surface area contributed by atoms with Gasteiger partial charge in [-0.3, -0.25) is 50.0 Å². The van der Waals surface area contributed by atoms with E-state index in [-0.39, 0.29) is 73.8 Å². The van der Waals surface area contributed by atoms with Gasteiger partial charge in [0, 0.05) is 37.3 Å². The molecule has 2 aromatic rings. The maximum absolute atomic E-state index is 12.5. The zero-order valence-corrected chi connectivity index (χ0v) is 41.0. The number of anilines is 2. The first-order chi connectivity index (χ1) is 31.5. The molecule has 2 saturated heterocycles. The Kier molecular flexibility index (Phi) is 22.4. The summed E-state index contributed by atoms with van der Waals surface area (Å²) in [6.07, 6.45) is 0.216. The average Bonchev–Trinajstić information content (AvgIpc) is 3.24. The number of hydrogen-bond donors (Lipinski definition) is 6. The topological polar surface area (TPSA) is 286 Å². The number of piperidine rings is 2. The van der Waals surface area contributed by atoms with Crippen LogP contribution in [0.1, 0.15) is 112 Å². The first kappa shape index (κ1) is 57.8. The van der Waals surface area contributed by atoms with Crippen molar-refractivity contribution in [3.05, 3.63) is 59.7 Å². The molecule has 4 atom stereocenters. The molecule has 7 N–H and O–H groups in total. The number of carbonyl (C=O) groups excluding carboxylic acids is 9. The van der Waals surface area contributed by atoms with E-state index in [4.69, 9.17) is 29.4 Å². The van der Waals surface area contributed by atoms with Gasteiger partial charge >= 0.3 is 30.2 Å². The molecule has 0 aromatic heterocycles. The summed E-state index contributed by atoms with van der Waals surface area (Å²) in [4.78, 5) is 108. The Hall–Kier alpha value is -6.28. The fourth-order valence-electron chi connectivity index (χ4n) is 7.42. The second-order valence-electron chi connectivity index (χ2n) is 17.9. The van der Waals surface area contributed by atoms with E-state index in [1.165, 1.54) is 0 Å². The predicted octanol–water partition coefficient (Wildman–Crippen LogP) is 6.09. The summed E-state index contributed by atoms with van der Waals surface area (Å²) < 4.78 is 25.0. The minimum absolute atomic E-state index is 0. The van der Waals surface area contributed by atoms with Crippen LogP contribution in [0.2, 0.25) is 0 Å². The van der Waals surface area contributed by atoms with Gasteiger partial charge < -0.3 is 34.7 Å². The number of halogens is 1. The monoisotopic (exact) mass is 974 g/mol. The van der Waals surface area contributed by atoms with Crippen LogP contribution in [0.4, 0.5) is 25.8 Å². The van der Waals surface area contributed by atoms with Crippen LogP contribution >= 0.6 is 12.4 Å². The maximum Gasteiger partial charge on any atom is 0.414 e. The third-order valence-electron chi connectivity index (χ3n) is 11.6. The number of alkyl carbamates (subject to hydrolysis) is 1. The lowest BCUT2D eigenvalue weighted by Gasteiger charge is -2.35. The van der Waals surface area contributed by atoms with Crippen LogP contribution < -0.4 is 32.3 Å². The number of hydrogen-bond acceptors (Lipinski definition) is 15. The SMILES string of the molecule is CCC1(c2ccc(NC(=O)OCOC(=O)C(CN)C(C)C)cc2)CCC(=O)NC1=O.CCC1(c2ccc(NC(=O)OCOC(=O)C(CNC(=O)OC(C)(C)C)C(C)C)cc2)CCC(=O)NC1=O.Cl. The predicted molar refractivity (Wildman–Crippen MR) is 251 cm³/mol. The maximum atomic E-state index is 12.5. The van der Waals surface area contributed by atoms with Crippen LogP contribution in [0.25, 0.3) is 0 Å². The Balaban J connectivity index is 0.000000470. The minimum atomic E-state index is -0.834. The van der Waals surface area contributed by atoms with Gasteiger partial charge in [0.25, 0.3) is 0 Å². The Labute approximate surface area is 403 Å². The summed E-state index contributed by atoms with van der Waals surface area (Å²) in [6, 6.07) is 13.5. The van der Waals surface area contributed by atoms with E-state index in [2.05, 4.69) is 26.6 Å². The molecule has 2 aromatic carbocycles. The quantitative estimate of drug-likeness (QED) is 0.0453. The van der Waals surface area contributed by atoms with Crippen LogP contribution in [0.5, 0.6) is 0 Å². The lowest BCUT2D eigenvalue weighted by Crippen LogP contribution is -2.51. The Morgan fingerprint density at radius 2 is 1.01 bits per heavy atom. The molecule has 0 saturated carbocycles. The number of nitrogens with two attached hydrogens (primary N) is 1. The second-order valence-corrected chi connectivity index (χ2v) is 17.9. The van der Waals surface area contributed by atoms with Crippen molar-refractivity contribution >= 4 is 77.6 Å². The minimum Gasteiger partial charge on any atom is -0.444 e. The van der Waals surface area contributed by atoms with Gasteiger partial charge in [-0.1, -0.05) is 65.8 Å². The molecule has 2 aliphatic heterocycles. The molecule has 2 aliphatic rings. The largest absolute Gasteiger partial charge is 0.444 e. The number of carbonyl (C=O) groups is 9. The molecule has 0 bridgehead atoms. The highest BCUT2D eigenvalue weighted by Crippen LogP contribution is 2.37. The van der Waals surface area contributed by atoms with Crippen molar-refractivity contribution in [3.63, 3.8) is 0 Å². The molecule has 20 nitrogen and oxygen atoms in total. The third kappa shape index (κ3) is 16.5. The summed E-state index contributed by atoms with van der Waals surface area (Å²) in [6.45, 7) is 15.3. The van der Waals surface area contributed by atoms with E-state index in [0.29, 0.717) is 37.1 Å². The Morgan fingerprint density at radius 1 is 0.632 bits per heavy atom. The molecule has 4 rings (SSSR count). The van der Waals surface area contributed by atoms with Gasteiger partial charge in [-0.05, 0) is 93.7 Å². The van der Waals surface area contributed by atoms with Crippen molar-refractivity contribution in [2.75, 3.05) is 37.3 Å². The molecule has 0 aliphatic carbocycles. The number of ether oxygens (including phenoxy) is 5. The Morgan fingerprint density at radius 3 is 1.34 bits per heavy atom. The molecule has 7 amide bonds. The second kappa shape index (κ2) is 26.3. The zero-order valence-electron chi connectivity index (χ0n) is 40.2. The molecule has 0 radical (unpaired) electrons. The normalized spacial score (nSPS) is 18.8. The van der Waals surface area contributed by atoms with Gasteiger partial charge in [0.05, 0.1) is 22.7 Å². The van der Waals surface area contributed by atoms with Crippen molar-refractivity contribution in [3.8, 4) is 0 Å². The lowest BCUT2D eigenvalue weighted by atomic mass is 9.72. The first-order valence-electron chi connectivity index (χ1n) is 22.3. The standard InChI is InChI=1S/C26H37N3O8.C21H29N3O6.ClH/c1-7-26(13-12-20(30)29-22(26)32)17-8-10-18(11-9-17)28-24(34)36-15-35-21(31)19(16(2)3)14-27-23(33)37-25(4,5)6;1-4-21(10-9-17(25)24-19(21)27)14-5-7-15(8-6-14)23-20(28)30-12-29-18(26)16(11-22)13(2)3;/h8-11,16,19H,7,12-15H2,1-6H3,(H,27,33)(H,28,34)(H,29,30,32);5-8,13,16H,4,9-12,22H2,1-3H3,(H,23,28)(H,24,25,27);1H. The van der Waals surface area contributed by atoms with E-state index in [0.717, 1.165) is 11.1 Å². The summed E-state index contributed by atoms with van der Waals surface area (Å²) in [5, 5.41) is 12.4. The van der Waals surface area contributed by atoms with Crippen molar-refractivity contribution in [2.24, 2.45) is 29.4 Å². The first-order valence-corrected chi connectivity index (χ1v) is 22.3. The highest BCUT2D eigenvalue weighted by Gasteiger charge is 2.44. The van der Waals surface area contributed by atoms with E-state index >= 15 is 0 Å². The summed E-state index contributed by atoms with van der Waals surface area (Å²) in [5.74, 6) is -3.57. The number of benzene rings is 2. The van der Waals surface area contributed by atoms with Gasteiger partial charge in [0.15, 0.2) is 0 Å². The molecule has 68 heavy (non-hydrogen) atoms. The van der Waals surface area contributed by atoms with Crippen LogP contribution in [0.3, 0.4) is 0 Å². The molecule has 2 fully saturated rings. The van der Waals surface area contributed by atoms with E-state index < -0.39 is 72.1 Å². The van der Waals surface area contributed by atoms with E-state index in [1.807, 2.05) is 27.7 Å². The van der Waals surface area contributed by atoms with Crippen LogP contribution in [0.15, 0.2) is 48.5 Å². The molecule has 4 unspecified atom stereocenters. The van der Waals surface area contributed by atoms with Gasteiger partial charge in [0.1, 0.15) is 5.60 Å². The van der Waals surface area contributed by atoms with Crippen molar-refractivity contribution in [1.82, 2.24) is 16.0 Å². The highest BCUT2D eigenvalue weighted by atomic mass is 35.5. The van der Waals surface area contributed by atoms with Crippen molar-refractivity contribution < 1.29 is 66.8 Å². The van der Waals surface area contributed by atoms with Crippen LogP contribution in [0, 0.1) is 23.7 Å². The number of esters is 2. The van der Waals surface area contributed by atoms with Crippen LogP contribution in [-0.4, -0.2) is 86.1 Å². The lowest BCUT2D eigenvalue weighted by molar-refractivity contribution is -0.159. The van der Waals surface area contributed by atoms with Gasteiger partial charge in [-0.25, -0.2) is 14.4 Å². The molecule has 21 heteroatoms. The summed E-state index contributed by atoms with van der Waals surface area (Å²) in [7, 11) is 0. The molecular weight excluding hydrogens is 908 g/mol. The summed E-state index contributed by atoms with van der Waals surface area (Å²) >= 11 is 0. The average molecular weight is 976 g/mol. The number of nitrogens with one attached hydrogen (secondary N) is 5. The van der Waals surface area contributed by atoms with Crippen LogP contribution in [-0.2, 0) is 63.3 Å². The fraction of sp³-hybridized carbons (Fsp3) is 0.553. The molecule has 376 valence electrons. The van der Waals surface area contributed by atoms with Gasteiger partial charge in [0.2, 0.25) is 37.2 Å². The molecule has 2 heterocycles. The molecule has 0 spiro atoms. The van der Waals surface area contributed by atoms with Gasteiger partial charge in [-0.15, -0.1) is 12.4 Å². The number of imide groups is 2. The van der Waals surface area contributed by atoms with E-state index in [1.54, 1.807) is 83.1 Å². The zero-order chi connectivity index (χ0) is 50.1. The third-order valence-corrected chi connectivity index (χ3v) is 11.6. The summed E-state index contributed by atoms with van der Waals surface area (Å²) in [5.41, 5.74) is 5.70. The Bertz CT molecular complexity index is 2090.